The molecule has 144 valence electrons. The first-order valence-electron chi connectivity index (χ1n) is 9.84. The zero-order chi connectivity index (χ0) is 20.1. The smallest absolute Gasteiger partial charge is 0.116 e. The number of fused-ring (bicyclic) bond motifs is 2. The molecule has 0 saturated carbocycles. The minimum absolute atomic E-state index is 0.936. The summed E-state index contributed by atoms with van der Waals surface area (Å²) < 4.78 is 0. The summed E-state index contributed by atoms with van der Waals surface area (Å²) in [5.41, 5.74) is 7.65. The van der Waals surface area contributed by atoms with Crippen LogP contribution in [0.4, 0.5) is 0 Å². The maximum Gasteiger partial charge on any atom is 0.116 e. The van der Waals surface area contributed by atoms with Gasteiger partial charge in [-0.05, 0) is 66.6 Å². The van der Waals surface area contributed by atoms with Gasteiger partial charge in [0, 0.05) is 44.0 Å². The highest BCUT2D eigenvalue weighted by molar-refractivity contribution is 7.15. The van der Waals surface area contributed by atoms with E-state index in [4.69, 9.17) is 0 Å². The van der Waals surface area contributed by atoms with Crippen molar-refractivity contribution in [3.63, 3.8) is 0 Å². The molecule has 2 N–H and O–H groups in total. The molecule has 0 atom stereocenters. The molecule has 6 aromatic rings. The molecule has 2 aromatic carbocycles. The third kappa shape index (κ3) is 2.75. The van der Waals surface area contributed by atoms with Crippen LogP contribution >= 0.6 is 11.3 Å². The average molecular weight is 407 g/mol. The van der Waals surface area contributed by atoms with E-state index >= 15 is 0 Å². The van der Waals surface area contributed by atoms with Gasteiger partial charge in [-0.15, -0.1) is 11.3 Å². The maximum atomic E-state index is 4.64. The third-order valence-corrected chi connectivity index (χ3v) is 6.54. The summed E-state index contributed by atoms with van der Waals surface area (Å²) in [7, 11) is 0. The highest BCUT2D eigenvalue weighted by atomic mass is 32.1. The first-order chi connectivity index (χ1) is 14.8. The fourth-order valence-corrected chi connectivity index (χ4v) is 4.93. The molecule has 5 heteroatoms. The molecule has 0 aliphatic carbocycles. The van der Waals surface area contributed by atoms with Gasteiger partial charge in [0.25, 0.3) is 0 Å². The summed E-state index contributed by atoms with van der Waals surface area (Å²) in [4.78, 5) is 10.3. The van der Waals surface area contributed by atoms with Gasteiger partial charge in [-0.3, -0.25) is 10.1 Å². The van der Waals surface area contributed by atoms with E-state index in [1.807, 2.05) is 35.9 Å². The van der Waals surface area contributed by atoms with E-state index < -0.39 is 0 Å². The molecule has 4 aromatic heterocycles. The van der Waals surface area contributed by atoms with Crippen molar-refractivity contribution < 1.29 is 0 Å². The van der Waals surface area contributed by atoms with Crippen molar-refractivity contribution in [3.05, 3.63) is 84.0 Å². The number of pyridine rings is 1. The Kier molecular flexibility index (Phi) is 3.82. The zero-order valence-electron chi connectivity index (χ0n) is 16.3. The van der Waals surface area contributed by atoms with Gasteiger partial charge in [0.2, 0.25) is 0 Å². The number of aromatic nitrogens is 4. The van der Waals surface area contributed by atoms with E-state index in [0.29, 0.717) is 0 Å². The van der Waals surface area contributed by atoms with Crippen LogP contribution in [-0.4, -0.2) is 20.2 Å². The van der Waals surface area contributed by atoms with Crippen LogP contribution in [0.25, 0.3) is 54.8 Å². The lowest BCUT2D eigenvalue weighted by Gasteiger charge is -2.02. The predicted octanol–water partition coefficient (Wildman–Crippen LogP) is 6.81. The Bertz CT molecular complexity index is 1500. The van der Waals surface area contributed by atoms with Gasteiger partial charge in [-0.2, -0.15) is 5.10 Å². The number of aromatic amines is 2. The highest BCUT2D eigenvalue weighted by Crippen LogP contribution is 2.37. The predicted molar refractivity (Wildman–Crippen MR) is 125 cm³/mol. The Balaban J connectivity index is 1.52. The SMILES string of the molecule is Cc1ccc(-c2cccc3[nH]c(-c4n[nH]c5ccc(-c6ccncc6)cc45)cc23)s1. The molecule has 6 rings (SSSR count). The monoisotopic (exact) mass is 406 g/mol. The normalized spacial score (nSPS) is 11.5. The standard InChI is InChI=1S/C25H18N4S/c1-15-5-8-24(30-15)18-3-2-4-21-19(18)14-23(27-21)25-20-13-17(6-7-22(20)28-29-25)16-9-11-26-12-10-16/h2-14,27H,1H3,(H,28,29). The lowest BCUT2D eigenvalue weighted by molar-refractivity contribution is 1.12. The van der Waals surface area contributed by atoms with Crippen LogP contribution in [0.15, 0.2) is 79.1 Å². The van der Waals surface area contributed by atoms with Gasteiger partial charge in [-0.25, -0.2) is 0 Å². The third-order valence-electron chi connectivity index (χ3n) is 5.50. The molecule has 0 saturated heterocycles. The Hall–Kier alpha value is -3.70. The largest absolute Gasteiger partial charge is 0.353 e. The Morgan fingerprint density at radius 1 is 0.800 bits per heavy atom. The van der Waals surface area contributed by atoms with Crippen molar-refractivity contribution in [1.82, 2.24) is 20.2 Å². The fraction of sp³-hybridized carbons (Fsp3) is 0.0400. The number of hydrogen-bond acceptors (Lipinski definition) is 3. The molecule has 0 radical (unpaired) electrons. The number of hydrogen-bond donors (Lipinski definition) is 2. The number of thiophene rings is 1. The molecule has 0 amide bonds. The summed E-state index contributed by atoms with van der Waals surface area (Å²) in [5, 5.41) is 10.1. The number of nitrogens with zero attached hydrogens (tertiary/aromatic N) is 2. The number of H-pyrrole nitrogens is 2. The molecule has 0 unspecified atom stereocenters. The Morgan fingerprint density at radius 2 is 1.70 bits per heavy atom. The fourth-order valence-electron chi connectivity index (χ4n) is 4.02. The van der Waals surface area contributed by atoms with Crippen LogP contribution in [0.2, 0.25) is 0 Å². The second-order valence-corrected chi connectivity index (χ2v) is 8.72. The van der Waals surface area contributed by atoms with E-state index in [0.717, 1.165) is 38.9 Å². The van der Waals surface area contributed by atoms with Gasteiger partial charge in [0.1, 0.15) is 5.69 Å². The maximum absolute atomic E-state index is 4.64. The molecular formula is C25H18N4S. The summed E-state index contributed by atoms with van der Waals surface area (Å²) in [5.74, 6) is 0. The minimum atomic E-state index is 0.936. The van der Waals surface area contributed by atoms with Crippen molar-refractivity contribution in [1.29, 1.82) is 0 Å². The van der Waals surface area contributed by atoms with Gasteiger partial charge in [0.15, 0.2) is 0 Å². The quantitative estimate of drug-likeness (QED) is 0.339. The van der Waals surface area contributed by atoms with Crippen LogP contribution in [0.3, 0.4) is 0 Å². The molecule has 30 heavy (non-hydrogen) atoms. The van der Waals surface area contributed by atoms with E-state index in [9.17, 15) is 0 Å². The van der Waals surface area contributed by atoms with Crippen LogP contribution < -0.4 is 0 Å². The first kappa shape index (κ1) is 17.2. The lowest BCUT2D eigenvalue weighted by Crippen LogP contribution is -1.80. The zero-order valence-corrected chi connectivity index (χ0v) is 17.1. The number of nitrogens with one attached hydrogen (secondary N) is 2. The Morgan fingerprint density at radius 3 is 2.53 bits per heavy atom. The molecule has 0 fully saturated rings. The van der Waals surface area contributed by atoms with Crippen LogP contribution in [0.5, 0.6) is 0 Å². The molecule has 0 spiro atoms. The second-order valence-electron chi connectivity index (χ2n) is 7.43. The molecule has 4 nitrogen and oxygen atoms in total. The van der Waals surface area contributed by atoms with E-state index in [1.165, 1.54) is 20.7 Å². The van der Waals surface area contributed by atoms with Crippen LogP contribution in [-0.2, 0) is 0 Å². The van der Waals surface area contributed by atoms with Gasteiger partial charge < -0.3 is 4.98 Å². The van der Waals surface area contributed by atoms with Gasteiger partial charge in [-0.1, -0.05) is 18.2 Å². The Labute approximate surface area is 177 Å². The molecule has 4 heterocycles. The van der Waals surface area contributed by atoms with Gasteiger partial charge >= 0.3 is 0 Å². The van der Waals surface area contributed by atoms with Gasteiger partial charge in [0.05, 0.1) is 11.2 Å². The first-order valence-corrected chi connectivity index (χ1v) is 10.7. The van der Waals surface area contributed by atoms with E-state index in [2.05, 4.69) is 81.7 Å². The van der Waals surface area contributed by atoms with E-state index in [-0.39, 0.29) is 0 Å². The van der Waals surface area contributed by atoms with Crippen molar-refractivity contribution in [3.8, 4) is 33.0 Å². The summed E-state index contributed by atoms with van der Waals surface area (Å²) in [6.07, 6.45) is 3.64. The number of rotatable bonds is 3. The molecule has 0 bridgehead atoms. The van der Waals surface area contributed by atoms with Crippen molar-refractivity contribution >= 4 is 33.1 Å². The molecule has 0 aliphatic heterocycles. The topological polar surface area (TPSA) is 57.4 Å². The molecule has 0 aliphatic rings. The van der Waals surface area contributed by atoms with Crippen molar-refractivity contribution in [2.24, 2.45) is 0 Å². The summed E-state index contributed by atoms with van der Waals surface area (Å²) in [6, 6.07) is 23.5. The highest BCUT2D eigenvalue weighted by Gasteiger charge is 2.14. The minimum Gasteiger partial charge on any atom is -0.353 e. The number of aryl methyl sites for hydroxylation is 1. The molecular weight excluding hydrogens is 388 g/mol. The van der Waals surface area contributed by atoms with Crippen molar-refractivity contribution in [2.45, 2.75) is 6.92 Å². The van der Waals surface area contributed by atoms with Crippen molar-refractivity contribution in [2.75, 3.05) is 0 Å². The average Bonchev–Trinajstić information content (AvgIpc) is 3.51. The van der Waals surface area contributed by atoms with Crippen LogP contribution in [0.1, 0.15) is 4.88 Å². The summed E-state index contributed by atoms with van der Waals surface area (Å²) >= 11 is 1.82. The lowest BCUT2D eigenvalue weighted by atomic mass is 10.0. The summed E-state index contributed by atoms with van der Waals surface area (Å²) in [6.45, 7) is 2.15. The van der Waals surface area contributed by atoms with Crippen LogP contribution in [0, 0.1) is 6.92 Å². The second kappa shape index (κ2) is 6.68. The van der Waals surface area contributed by atoms with E-state index in [1.54, 1.807) is 0 Å². The number of benzene rings is 2.